The number of carbonyl (C=O) groups is 2. The molecule has 2 rings (SSSR count). The molecule has 0 bridgehead atoms. The Balaban J connectivity index is 1.99. The zero-order chi connectivity index (χ0) is 18.1. The highest BCUT2D eigenvalue weighted by molar-refractivity contribution is 5.98. The van der Waals surface area contributed by atoms with Crippen molar-refractivity contribution in [2.45, 2.75) is 52.1 Å². The van der Waals surface area contributed by atoms with E-state index >= 15 is 0 Å². The van der Waals surface area contributed by atoms with E-state index in [4.69, 9.17) is 9.47 Å². The summed E-state index contributed by atoms with van der Waals surface area (Å²) >= 11 is 0. The van der Waals surface area contributed by atoms with Crippen molar-refractivity contribution in [3.63, 3.8) is 0 Å². The molecule has 138 valence electrons. The van der Waals surface area contributed by atoms with Gasteiger partial charge in [0.2, 0.25) is 5.91 Å². The number of rotatable bonds is 9. The number of ether oxygens (including phenoxy) is 2. The van der Waals surface area contributed by atoms with Crippen molar-refractivity contribution >= 4 is 23.2 Å². The average Bonchev–Trinajstić information content (AvgIpc) is 3.14. The van der Waals surface area contributed by atoms with Crippen LogP contribution in [0.3, 0.4) is 0 Å². The SMILES string of the molecule is CCCCOCC(=O)Nc1cccc(NC(=O)[C@@H]2CCCO2)c1CC. The molecule has 25 heavy (non-hydrogen) atoms. The molecule has 1 aliphatic heterocycles. The minimum absolute atomic E-state index is 0.0374. The van der Waals surface area contributed by atoms with Gasteiger partial charge in [-0.05, 0) is 43.4 Å². The van der Waals surface area contributed by atoms with Gasteiger partial charge < -0.3 is 20.1 Å². The minimum atomic E-state index is -0.380. The molecule has 6 nitrogen and oxygen atoms in total. The molecule has 1 heterocycles. The Morgan fingerprint density at radius 1 is 1.24 bits per heavy atom. The molecule has 0 spiro atoms. The lowest BCUT2D eigenvalue weighted by Crippen LogP contribution is -2.27. The molecule has 1 aromatic rings. The van der Waals surface area contributed by atoms with Gasteiger partial charge in [0.1, 0.15) is 12.7 Å². The minimum Gasteiger partial charge on any atom is -0.372 e. The van der Waals surface area contributed by atoms with E-state index in [1.165, 1.54) is 0 Å². The number of nitrogens with one attached hydrogen (secondary N) is 2. The maximum atomic E-state index is 12.3. The van der Waals surface area contributed by atoms with Gasteiger partial charge in [0.05, 0.1) is 0 Å². The maximum Gasteiger partial charge on any atom is 0.253 e. The van der Waals surface area contributed by atoms with E-state index in [0.29, 0.717) is 31.0 Å². The van der Waals surface area contributed by atoms with E-state index < -0.39 is 0 Å². The predicted octanol–water partition coefficient (Wildman–Crippen LogP) is 3.12. The van der Waals surface area contributed by atoms with Crippen LogP contribution < -0.4 is 10.6 Å². The van der Waals surface area contributed by atoms with E-state index in [-0.39, 0.29) is 24.5 Å². The summed E-state index contributed by atoms with van der Waals surface area (Å²) in [6.07, 6.45) is 3.95. The van der Waals surface area contributed by atoms with Crippen LogP contribution in [0, 0.1) is 0 Å². The number of hydrogen-bond acceptors (Lipinski definition) is 4. The second-order valence-electron chi connectivity index (χ2n) is 6.13. The third-order valence-corrected chi connectivity index (χ3v) is 4.16. The lowest BCUT2D eigenvalue weighted by Gasteiger charge is -2.17. The molecule has 2 N–H and O–H groups in total. The molecule has 1 atom stereocenters. The largest absolute Gasteiger partial charge is 0.372 e. The Hall–Kier alpha value is -1.92. The zero-order valence-electron chi connectivity index (χ0n) is 15.1. The summed E-state index contributed by atoms with van der Waals surface area (Å²) in [6, 6.07) is 5.50. The fourth-order valence-electron chi connectivity index (χ4n) is 2.80. The van der Waals surface area contributed by atoms with E-state index in [1.54, 1.807) is 0 Å². The molecule has 1 aliphatic rings. The van der Waals surface area contributed by atoms with Crippen LogP contribution in [0.2, 0.25) is 0 Å². The molecule has 1 saturated heterocycles. The van der Waals surface area contributed by atoms with E-state index in [2.05, 4.69) is 17.6 Å². The number of amides is 2. The summed E-state index contributed by atoms with van der Waals surface area (Å²) in [4.78, 5) is 24.3. The summed E-state index contributed by atoms with van der Waals surface area (Å²) in [5, 5.41) is 5.81. The van der Waals surface area contributed by atoms with Crippen LogP contribution >= 0.6 is 0 Å². The molecule has 0 radical (unpaired) electrons. The van der Waals surface area contributed by atoms with Gasteiger partial charge in [-0.3, -0.25) is 9.59 Å². The van der Waals surface area contributed by atoms with Crippen molar-refractivity contribution < 1.29 is 19.1 Å². The van der Waals surface area contributed by atoms with Crippen LogP contribution in [-0.2, 0) is 25.5 Å². The van der Waals surface area contributed by atoms with Crippen LogP contribution in [0.1, 0.15) is 45.1 Å². The van der Waals surface area contributed by atoms with Crippen molar-refractivity contribution in [1.82, 2.24) is 0 Å². The number of carbonyl (C=O) groups excluding carboxylic acids is 2. The standard InChI is InChI=1S/C19H28N2O4/c1-3-5-11-24-13-18(22)20-15-8-6-9-16(14(15)4-2)21-19(23)17-10-7-12-25-17/h6,8-9,17H,3-5,7,10-13H2,1-2H3,(H,20,22)(H,21,23)/t17-/m0/s1. The summed E-state index contributed by atoms with van der Waals surface area (Å²) in [6.45, 7) is 5.32. The van der Waals surface area contributed by atoms with Gasteiger partial charge in [-0.15, -0.1) is 0 Å². The van der Waals surface area contributed by atoms with Gasteiger partial charge in [0.15, 0.2) is 0 Å². The maximum absolute atomic E-state index is 12.3. The molecule has 1 aromatic carbocycles. The summed E-state index contributed by atoms with van der Waals surface area (Å²) in [5.74, 6) is -0.313. The molecular formula is C19H28N2O4. The van der Waals surface area contributed by atoms with Crippen molar-refractivity contribution in [1.29, 1.82) is 0 Å². The van der Waals surface area contributed by atoms with Crippen molar-refractivity contribution in [2.75, 3.05) is 30.5 Å². The van der Waals surface area contributed by atoms with Gasteiger partial charge in [-0.25, -0.2) is 0 Å². The van der Waals surface area contributed by atoms with Gasteiger partial charge in [0, 0.05) is 24.6 Å². The molecule has 0 aromatic heterocycles. The van der Waals surface area contributed by atoms with Gasteiger partial charge >= 0.3 is 0 Å². The molecule has 2 amide bonds. The van der Waals surface area contributed by atoms with E-state index in [9.17, 15) is 9.59 Å². The first-order chi connectivity index (χ1) is 12.2. The first kappa shape index (κ1) is 19.4. The number of benzene rings is 1. The van der Waals surface area contributed by atoms with Crippen molar-refractivity contribution in [2.24, 2.45) is 0 Å². The highest BCUT2D eigenvalue weighted by atomic mass is 16.5. The zero-order valence-corrected chi connectivity index (χ0v) is 15.1. The monoisotopic (exact) mass is 348 g/mol. The third kappa shape index (κ3) is 5.83. The fraction of sp³-hybridized carbons (Fsp3) is 0.579. The van der Waals surface area contributed by atoms with Crippen LogP contribution in [0.25, 0.3) is 0 Å². The van der Waals surface area contributed by atoms with Crippen LogP contribution in [0.15, 0.2) is 18.2 Å². The van der Waals surface area contributed by atoms with Crippen LogP contribution in [-0.4, -0.2) is 37.7 Å². The number of hydrogen-bond donors (Lipinski definition) is 2. The fourth-order valence-corrected chi connectivity index (χ4v) is 2.80. The highest BCUT2D eigenvalue weighted by Gasteiger charge is 2.24. The number of anilines is 2. The molecule has 0 aliphatic carbocycles. The Kier molecular flexibility index (Phi) is 7.88. The Morgan fingerprint density at radius 3 is 2.64 bits per heavy atom. The molecule has 0 saturated carbocycles. The van der Waals surface area contributed by atoms with Gasteiger partial charge in [-0.1, -0.05) is 26.3 Å². The van der Waals surface area contributed by atoms with Crippen molar-refractivity contribution in [3.05, 3.63) is 23.8 Å². The van der Waals surface area contributed by atoms with E-state index in [0.717, 1.165) is 31.2 Å². The second kappa shape index (κ2) is 10.2. The summed E-state index contributed by atoms with van der Waals surface area (Å²) in [5.41, 5.74) is 2.32. The smallest absolute Gasteiger partial charge is 0.253 e. The Morgan fingerprint density at radius 2 is 2.00 bits per heavy atom. The average molecular weight is 348 g/mol. The summed E-state index contributed by atoms with van der Waals surface area (Å²) < 4.78 is 10.8. The third-order valence-electron chi connectivity index (χ3n) is 4.16. The lowest BCUT2D eigenvalue weighted by molar-refractivity contribution is -0.124. The molecule has 1 fully saturated rings. The van der Waals surface area contributed by atoms with Crippen LogP contribution in [0.4, 0.5) is 11.4 Å². The van der Waals surface area contributed by atoms with Crippen molar-refractivity contribution in [3.8, 4) is 0 Å². The molecular weight excluding hydrogens is 320 g/mol. The Labute approximate surface area is 149 Å². The second-order valence-corrected chi connectivity index (χ2v) is 6.13. The topological polar surface area (TPSA) is 76.7 Å². The Bertz CT molecular complexity index is 583. The normalized spacial score (nSPS) is 16.6. The van der Waals surface area contributed by atoms with E-state index in [1.807, 2.05) is 25.1 Å². The quantitative estimate of drug-likeness (QED) is 0.672. The number of unbranched alkanes of at least 4 members (excludes halogenated alkanes) is 1. The molecule has 6 heteroatoms. The predicted molar refractivity (Wildman–Crippen MR) is 97.8 cm³/mol. The highest BCUT2D eigenvalue weighted by Crippen LogP contribution is 2.26. The summed E-state index contributed by atoms with van der Waals surface area (Å²) in [7, 11) is 0. The lowest BCUT2D eigenvalue weighted by atomic mass is 10.1. The van der Waals surface area contributed by atoms with Gasteiger partial charge in [0.25, 0.3) is 5.91 Å². The first-order valence-corrected chi connectivity index (χ1v) is 9.07. The van der Waals surface area contributed by atoms with Gasteiger partial charge in [-0.2, -0.15) is 0 Å². The molecule has 0 unspecified atom stereocenters. The van der Waals surface area contributed by atoms with Crippen LogP contribution in [0.5, 0.6) is 0 Å². The first-order valence-electron chi connectivity index (χ1n) is 9.07.